The Morgan fingerprint density at radius 3 is 2.81 bits per heavy atom. The number of methoxy groups -OCH3 is 1. The van der Waals surface area contributed by atoms with Crippen molar-refractivity contribution >= 4 is 39.3 Å². The summed E-state index contributed by atoms with van der Waals surface area (Å²) in [6.07, 6.45) is 0.193. The molecule has 1 amide bonds. The van der Waals surface area contributed by atoms with Crippen LogP contribution in [0.15, 0.2) is 52.1 Å². The molecule has 0 aliphatic carbocycles. The monoisotopic (exact) mass is 500 g/mol. The number of rotatable bonds is 5. The normalized spacial score (nSPS) is 14.8. The lowest BCUT2D eigenvalue weighted by Crippen LogP contribution is -2.36. The predicted molar refractivity (Wildman–Crippen MR) is 124 cm³/mol. The fourth-order valence-electron chi connectivity index (χ4n) is 3.41. The Hall–Kier alpha value is -2.65. The number of aromatic nitrogens is 3. The molecule has 0 spiro atoms. The van der Waals surface area contributed by atoms with Crippen molar-refractivity contribution < 1.29 is 14.3 Å². The van der Waals surface area contributed by atoms with Crippen LogP contribution in [0.1, 0.15) is 32.1 Å². The molecule has 2 heterocycles. The summed E-state index contributed by atoms with van der Waals surface area (Å²) in [6, 6.07) is 13.1. The molecule has 160 valence electrons. The number of hydrogen-bond acceptors (Lipinski definition) is 7. The molecule has 7 nitrogen and oxygen atoms in total. The fourth-order valence-corrected chi connectivity index (χ4v) is 4.42. The Bertz CT molecular complexity index is 1130. The maximum Gasteiger partial charge on any atom is 0.247 e. The largest absolute Gasteiger partial charge is 0.496 e. The quantitative estimate of drug-likeness (QED) is 0.442. The number of hydrogen-bond donors (Lipinski definition) is 0. The molecular formula is C22H21BrN4O3S. The highest BCUT2D eigenvalue weighted by molar-refractivity contribution is 9.10. The second-order valence-electron chi connectivity index (χ2n) is 6.86. The molecule has 3 aromatic rings. The first-order valence-corrected chi connectivity index (χ1v) is 11.6. The summed E-state index contributed by atoms with van der Waals surface area (Å²) in [4.78, 5) is 19.1. The van der Waals surface area contributed by atoms with Crippen LogP contribution >= 0.6 is 27.7 Å². The molecular weight excluding hydrogens is 480 g/mol. The Kier molecular flexibility index (Phi) is 6.43. The Labute approximate surface area is 193 Å². The second-order valence-corrected chi connectivity index (χ2v) is 8.84. The van der Waals surface area contributed by atoms with Gasteiger partial charge in [-0.1, -0.05) is 52.8 Å². The number of carbonyl (C=O) groups excluding carboxylic acids is 1. The summed E-state index contributed by atoms with van der Waals surface area (Å²) in [7, 11) is 1.59. The Morgan fingerprint density at radius 2 is 2.06 bits per heavy atom. The fraction of sp³-hybridized carbons (Fsp3) is 0.273. The molecule has 1 aliphatic heterocycles. The molecule has 9 heteroatoms. The molecule has 0 bridgehead atoms. The molecule has 0 radical (unpaired) electrons. The molecule has 0 saturated carbocycles. The van der Waals surface area contributed by atoms with E-state index in [9.17, 15) is 4.79 Å². The number of ether oxygens (including phenoxy) is 2. The molecule has 31 heavy (non-hydrogen) atoms. The molecule has 4 rings (SSSR count). The smallest absolute Gasteiger partial charge is 0.247 e. The standard InChI is InChI=1S/C22H21BrN4O3S/c1-4-11-31-22-24-20-19(25-26-22)15-7-5-6-8-17(15)27(13(2)28)21(30-20)16-12-14(23)9-10-18(16)29-3/h5-10,12,21H,4,11H2,1-3H3/t21-/m1/s1. The number of fused-ring (bicyclic) bond motifs is 3. The summed E-state index contributed by atoms with van der Waals surface area (Å²) in [5.74, 6) is 1.63. The zero-order valence-corrected chi connectivity index (χ0v) is 19.7. The van der Waals surface area contributed by atoms with Crippen LogP contribution in [-0.2, 0) is 4.79 Å². The van der Waals surface area contributed by atoms with E-state index >= 15 is 0 Å². The third-order valence-electron chi connectivity index (χ3n) is 4.74. The van der Waals surface area contributed by atoms with Crippen LogP contribution in [0.3, 0.4) is 0 Å². The van der Waals surface area contributed by atoms with E-state index in [1.807, 2.05) is 42.5 Å². The minimum atomic E-state index is -0.798. The van der Waals surface area contributed by atoms with E-state index in [0.717, 1.165) is 22.2 Å². The van der Waals surface area contributed by atoms with E-state index in [2.05, 4.69) is 38.0 Å². The Morgan fingerprint density at radius 1 is 1.26 bits per heavy atom. The number of para-hydroxylation sites is 1. The van der Waals surface area contributed by atoms with Crippen LogP contribution in [0.25, 0.3) is 11.3 Å². The zero-order chi connectivity index (χ0) is 22.0. The molecule has 0 unspecified atom stereocenters. The number of thioether (sulfide) groups is 1. The molecule has 1 aliphatic rings. The molecule has 1 aromatic heterocycles. The van der Waals surface area contributed by atoms with Gasteiger partial charge in [0.25, 0.3) is 0 Å². The summed E-state index contributed by atoms with van der Waals surface area (Å²) < 4.78 is 12.8. The number of halogens is 1. The van der Waals surface area contributed by atoms with Crippen LogP contribution in [-0.4, -0.2) is 34.0 Å². The molecule has 2 aromatic carbocycles. The Balaban J connectivity index is 1.94. The highest BCUT2D eigenvalue weighted by atomic mass is 79.9. The van der Waals surface area contributed by atoms with Crippen LogP contribution in [0.2, 0.25) is 0 Å². The molecule has 0 N–H and O–H groups in total. The average Bonchev–Trinajstić information content (AvgIpc) is 2.91. The summed E-state index contributed by atoms with van der Waals surface area (Å²) in [6.45, 7) is 3.60. The van der Waals surface area contributed by atoms with Crippen molar-refractivity contribution in [2.75, 3.05) is 17.8 Å². The van der Waals surface area contributed by atoms with Crippen LogP contribution in [0.5, 0.6) is 11.6 Å². The zero-order valence-electron chi connectivity index (χ0n) is 17.3. The van der Waals surface area contributed by atoms with Gasteiger partial charge in [-0.05, 0) is 30.7 Å². The molecule has 1 atom stereocenters. The van der Waals surface area contributed by atoms with Crippen molar-refractivity contribution in [3.63, 3.8) is 0 Å². The summed E-state index contributed by atoms with van der Waals surface area (Å²) in [5, 5.41) is 9.23. The first kappa shape index (κ1) is 21.6. The third-order valence-corrected chi connectivity index (χ3v) is 6.28. The first-order chi connectivity index (χ1) is 15.0. The lowest BCUT2D eigenvalue weighted by Gasteiger charge is -2.30. The number of nitrogens with zero attached hydrogens (tertiary/aromatic N) is 4. The SMILES string of the molecule is CCCSc1nnc2c(n1)O[C@H](c1cc(Br)ccc1OC)N(C(C)=O)c1ccccc1-2. The number of benzene rings is 2. The van der Waals surface area contributed by atoms with E-state index in [-0.39, 0.29) is 5.91 Å². The minimum absolute atomic E-state index is 0.180. The highest BCUT2D eigenvalue weighted by Crippen LogP contribution is 2.45. The van der Waals surface area contributed by atoms with E-state index in [0.29, 0.717) is 33.7 Å². The predicted octanol–water partition coefficient (Wildman–Crippen LogP) is 5.26. The van der Waals surface area contributed by atoms with E-state index in [4.69, 9.17) is 9.47 Å². The number of carbonyl (C=O) groups is 1. The van der Waals surface area contributed by atoms with Gasteiger partial charge in [0.05, 0.1) is 18.4 Å². The minimum Gasteiger partial charge on any atom is -0.496 e. The van der Waals surface area contributed by atoms with Crippen molar-refractivity contribution in [2.45, 2.75) is 31.7 Å². The van der Waals surface area contributed by atoms with E-state index in [1.54, 1.807) is 12.0 Å². The molecule has 0 fully saturated rings. The van der Waals surface area contributed by atoms with Gasteiger partial charge in [-0.2, -0.15) is 4.98 Å². The van der Waals surface area contributed by atoms with Gasteiger partial charge in [0.1, 0.15) is 5.75 Å². The third kappa shape index (κ3) is 4.24. The average molecular weight is 501 g/mol. The van der Waals surface area contributed by atoms with Crippen LogP contribution in [0, 0.1) is 0 Å². The maximum atomic E-state index is 12.9. The van der Waals surface area contributed by atoms with Gasteiger partial charge in [0, 0.05) is 22.7 Å². The lowest BCUT2D eigenvalue weighted by atomic mass is 10.1. The number of anilines is 1. The van der Waals surface area contributed by atoms with Gasteiger partial charge in [0.2, 0.25) is 23.2 Å². The highest BCUT2D eigenvalue weighted by Gasteiger charge is 2.36. The van der Waals surface area contributed by atoms with E-state index < -0.39 is 6.23 Å². The van der Waals surface area contributed by atoms with Gasteiger partial charge in [0.15, 0.2) is 5.69 Å². The van der Waals surface area contributed by atoms with Gasteiger partial charge < -0.3 is 9.47 Å². The van der Waals surface area contributed by atoms with Gasteiger partial charge in [-0.3, -0.25) is 9.69 Å². The van der Waals surface area contributed by atoms with Gasteiger partial charge >= 0.3 is 0 Å². The maximum absolute atomic E-state index is 12.9. The molecule has 0 saturated heterocycles. The second kappa shape index (κ2) is 9.23. The summed E-state index contributed by atoms with van der Waals surface area (Å²) in [5.41, 5.74) is 2.59. The van der Waals surface area contributed by atoms with Gasteiger partial charge in [-0.15, -0.1) is 10.2 Å². The van der Waals surface area contributed by atoms with Crippen molar-refractivity contribution in [3.05, 3.63) is 52.5 Å². The van der Waals surface area contributed by atoms with Gasteiger partial charge in [-0.25, -0.2) is 0 Å². The number of amides is 1. The van der Waals surface area contributed by atoms with Crippen molar-refractivity contribution in [2.24, 2.45) is 0 Å². The first-order valence-electron chi connectivity index (χ1n) is 9.80. The van der Waals surface area contributed by atoms with Crippen molar-refractivity contribution in [1.82, 2.24) is 15.2 Å². The van der Waals surface area contributed by atoms with Crippen LogP contribution in [0.4, 0.5) is 5.69 Å². The lowest BCUT2D eigenvalue weighted by molar-refractivity contribution is -0.118. The van der Waals surface area contributed by atoms with E-state index in [1.165, 1.54) is 18.7 Å². The topological polar surface area (TPSA) is 77.4 Å². The van der Waals surface area contributed by atoms with Crippen molar-refractivity contribution in [1.29, 1.82) is 0 Å². The summed E-state index contributed by atoms with van der Waals surface area (Å²) >= 11 is 5.03. The van der Waals surface area contributed by atoms with Crippen molar-refractivity contribution in [3.8, 4) is 22.9 Å². The van der Waals surface area contributed by atoms with Crippen LogP contribution < -0.4 is 14.4 Å².